The van der Waals surface area contributed by atoms with Crippen molar-refractivity contribution in [2.75, 3.05) is 31.1 Å². The Morgan fingerprint density at radius 2 is 1.95 bits per heavy atom. The molecule has 0 amide bonds. The molecule has 0 aromatic carbocycles. The average Bonchev–Trinajstić information content (AvgIpc) is 2.84. The average molecular weight is 297 g/mol. The highest BCUT2D eigenvalue weighted by molar-refractivity contribution is 5.60. The molecule has 22 heavy (non-hydrogen) atoms. The minimum absolute atomic E-state index is 0.796. The first-order valence-corrected chi connectivity index (χ1v) is 8.03. The molecule has 0 bridgehead atoms. The Morgan fingerprint density at radius 1 is 1.14 bits per heavy atom. The molecule has 0 unspecified atom stereocenters. The molecule has 3 rings (SSSR count). The van der Waals surface area contributed by atoms with Crippen molar-refractivity contribution in [2.24, 2.45) is 0 Å². The summed E-state index contributed by atoms with van der Waals surface area (Å²) in [6, 6.07) is 3.93. The minimum Gasteiger partial charge on any atom is -0.355 e. The van der Waals surface area contributed by atoms with E-state index < -0.39 is 0 Å². The molecule has 2 aromatic rings. The summed E-state index contributed by atoms with van der Waals surface area (Å²) in [5, 5.41) is 3.45. The van der Waals surface area contributed by atoms with E-state index in [1.165, 1.54) is 5.56 Å². The van der Waals surface area contributed by atoms with E-state index in [9.17, 15) is 0 Å². The normalized spacial score (nSPS) is 15.6. The van der Waals surface area contributed by atoms with E-state index >= 15 is 0 Å². The molecule has 0 atom stereocenters. The highest BCUT2D eigenvalue weighted by Gasteiger charge is 2.18. The van der Waals surface area contributed by atoms with Gasteiger partial charge >= 0.3 is 0 Å². The lowest BCUT2D eigenvalue weighted by molar-refractivity contribution is 0.724. The predicted molar refractivity (Wildman–Crippen MR) is 89.1 cm³/mol. The van der Waals surface area contributed by atoms with E-state index in [0.29, 0.717) is 0 Å². The van der Waals surface area contributed by atoms with Gasteiger partial charge in [0.1, 0.15) is 5.82 Å². The predicted octanol–water partition coefficient (Wildman–Crippen LogP) is 2.21. The zero-order valence-electron chi connectivity index (χ0n) is 13.3. The number of hydrogen-bond donors (Lipinski definition) is 1. The van der Waals surface area contributed by atoms with Gasteiger partial charge < -0.3 is 10.2 Å². The molecule has 1 aliphatic heterocycles. The van der Waals surface area contributed by atoms with Gasteiger partial charge in [-0.1, -0.05) is 6.92 Å². The van der Waals surface area contributed by atoms with Crippen molar-refractivity contribution in [3.8, 4) is 11.4 Å². The maximum atomic E-state index is 4.90. The zero-order valence-corrected chi connectivity index (χ0v) is 13.3. The molecular formula is C17H23N5. The number of nitrogens with zero attached hydrogens (tertiary/aromatic N) is 4. The van der Waals surface area contributed by atoms with Crippen molar-refractivity contribution in [3.63, 3.8) is 0 Å². The van der Waals surface area contributed by atoms with Crippen LogP contribution >= 0.6 is 0 Å². The van der Waals surface area contributed by atoms with Crippen molar-refractivity contribution in [3.05, 3.63) is 35.8 Å². The van der Waals surface area contributed by atoms with Crippen LogP contribution in [-0.2, 0) is 6.42 Å². The standard InChI is InChI=1S/C17H23N5/c1-3-15-13(2)20-16(14-5-8-19-9-6-14)21-17(15)22-11-4-7-18-10-12-22/h5-6,8-9,18H,3-4,7,10-12H2,1-2H3. The van der Waals surface area contributed by atoms with Crippen LogP contribution in [-0.4, -0.2) is 41.1 Å². The maximum absolute atomic E-state index is 4.90. The van der Waals surface area contributed by atoms with Crippen LogP contribution in [0.4, 0.5) is 5.82 Å². The smallest absolute Gasteiger partial charge is 0.161 e. The van der Waals surface area contributed by atoms with Gasteiger partial charge in [-0.25, -0.2) is 9.97 Å². The van der Waals surface area contributed by atoms with Crippen LogP contribution in [0.3, 0.4) is 0 Å². The summed E-state index contributed by atoms with van der Waals surface area (Å²) in [5.74, 6) is 1.90. The Labute approximate surface area is 131 Å². The van der Waals surface area contributed by atoms with E-state index in [-0.39, 0.29) is 0 Å². The highest BCUT2D eigenvalue weighted by Crippen LogP contribution is 2.25. The van der Waals surface area contributed by atoms with Gasteiger partial charge in [-0.2, -0.15) is 0 Å². The molecule has 5 heteroatoms. The van der Waals surface area contributed by atoms with Crippen molar-refractivity contribution in [1.29, 1.82) is 0 Å². The third-order valence-corrected chi connectivity index (χ3v) is 4.12. The Hall–Kier alpha value is -2.01. The second-order valence-corrected chi connectivity index (χ2v) is 5.61. The largest absolute Gasteiger partial charge is 0.355 e. The summed E-state index contributed by atoms with van der Waals surface area (Å²) in [7, 11) is 0. The van der Waals surface area contributed by atoms with Crippen LogP contribution in [0.25, 0.3) is 11.4 Å². The molecule has 5 nitrogen and oxygen atoms in total. The summed E-state index contributed by atoms with van der Waals surface area (Å²) in [4.78, 5) is 16.1. The molecule has 0 saturated carbocycles. The number of aryl methyl sites for hydroxylation is 1. The number of hydrogen-bond acceptors (Lipinski definition) is 5. The zero-order chi connectivity index (χ0) is 15.4. The first kappa shape index (κ1) is 14.9. The van der Waals surface area contributed by atoms with Crippen molar-refractivity contribution >= 4 is 5.82 Å². The number of anilines is 1. The van der Waals surface area contributed by atoms with E-state index in [2.05, 4.69) is 29.0 Å². The fourth-order valence-corrected chi connectivity index (χ4v) is 2.94. The quantitative estimate of drug-likeness (QED) is 0.941. The van der Waals surface area contributed by atoms with Gasteiger partial charge in [-0.3, -0.25) is 4.98 Å². The van der Waals surface area contributed by atoms with Gasteiger partial charge in [0, 0.05) is 48.8 Å². The lowest BCUT2D eigenvalue weighted by Crippen LogP contribution is -2.30. The fraction of sp³-hybridized carbons (Fsp3) is 0.471. The number of rotatable bonds is 3. The summed E-state index contributed by atoms with van der Waals surface area (Å²) in [6.45, 7) is 8.41. The lowest BCUT2D eigenvalue weighted by Gasteiger charge is -2.25. The first-order chi connectivity index (χ1) is 10.8. The van der Waals surface area contributed by atoms with Gasteiger partial charge in [-0.15, -0.1) is 0 Å². The lowest BCUT2D eigenvalue weighted by atomic mass is 10.1. The van der Waals surface area contributed by atoms with Crippen LogP contribution < -0.4 is 10.2 Å². The molecule has 0 spiro atoms. The SMILES string of the molecule is CCc1c(C)nc(-c2ccncc2)nc1N1CCCNCC1. The van der Waals surface area contributed by atoms with Gasteiger partial charge in [0.2, 0.25) is 0 Å². The Balaban J connectivity index is 2.04. The number of aromatic nitrogens is 3. The topological polar surface area (TPSA) is 53.9 Å². The Bertz CT molecular complexity index is 618. The molecule has 1 fully saturated rings. The van der Waals surface area contributed by atoms with Gasteiger partial charge in [0.25, 0.3) is 0 Å². The molecule has 3 heterocycles. The van der Waals surface area contributed by atoms with Crippen LogP contribution in [0.5, 0.6) is 0 Å². The molecule has 116 valence electrons. The molecular weight excluding hydrogens is 274 g/mol. The monoisotopic (exact) mass is 297 g/mol. The van der Waals surface area contributed by atoms with Gasteiger partial charge in [0.15, 0.2) is 5.82 Å². The molecule has 1 aliphatic rings. The van der Waals surface area contributed by atoms with Crippen LogP contribution in [0.1, 0.15) is 24.6 Å². The fourth-order valence-electron chi connectivity index (χ4n) is 2.94. The Kier molecular flexibility index (Phi) is 4.63. The third kappa shape index (κ3) is 3.09. The van der Waals surface area contributed by atoms with Crippen molar-refractivity contribution < 1.29 is 0 Å². The molecule has 2 aromatic heterocycles. The van der Waals surface area contributed by atoms with E-state index in [1.807, 2.05) is 12.1 Å². The minimum atomic E-state index is 0.796. The number of pyridine rings is 1. The molecule has 1 saturated heterocycles. The summed E-state index contributed by atoms with van der Waals surface area (Å²) in [5.41, 5.74) is 3.37. The van der Waals surface area contributed by atoms with Crippen molar-refractivity contribution in [2.45, 2.75) is 26.7 Å². The molecule has 1 N–H and O–H groups in total. The Morgan fingerprint density at radius 3 is 2.73 bits per heavy atom. The van der Waals surface area contributed by atoms with Crippen LogP contribution in [0, 0.1) is 6.92 Å². The molecule has 0 radical (unpaired) electrons. The van der Waals surface area contributed by atoms with E-state index in [4.69, 9.17) is 9.97 Å². The summed E-state index contributed by atoms with van der Waals surface area (Å²) < 4.78 is 0. The van der Waals surface area contributed by atoms with Gasteiger partial charge in [0.05, 0.1) is 0 Å². The highest BCUT2D eigenvalue weighted by atomic mass is 15.2. The van der Waals surface area contributed by atoms with Crippen molar-refractivity contribution in [1.82, 2.24) is 20.3 Å². The second kappa shape index (κ2) is 6.83. The maximum Gasteiger partial charge on any atom is 0.161 e. The van der Waals surface area contributed by atoms with E-state index in [0.717, 1.165) is 61.9 Å². The summed E-state index contributed by atoms with van der Waals surface area (Å²) in [6.07, 6.45) is 5.69. The van der Waals surface area contributed by atoms with Gasteiger partial charge in [-0.05, 0) is 38.4 Å². The van der Waals surface area contributed by atoms with Crippen LogP contribution in [0.2, 0.25) is 0 Å². The molecule has 0 aliphatic carbocycles. The first-order valence-electron chi connectivity index (χ1n) is 8.03. The summed E-state index contributed by atoms with van der Waals surface area (Å²) >= 11 is 0. The van der Waals surface area contributed by atoms with E-state index in [1.54, 1.807) is 12.4 Å². The third-order valence-electron chi connectivity index (χ3n) is 4.12. The number of nitrogens with one attached hydrogen (secondary N) is 1. The van der Waals surface area contributed by atoms with Crippen LogP contribution in [0.15, 0.2) is 24.5 Å². The second-order valence-electron chi connectivity index (χ2n) is 5.61.